The fourth-order valence-electron chi connectivity index (χ4n) is 1.56. The molecule has 0 bridgehead atoms. The number of pyridine rings is 1. The molecule has 1 aromatic heterocycles. The zero-order chi connectivity index (χ0) is 12.6. The van der Waals surface area contributed by atoms with Crippen molar-refractivity contribution in [2.75, 3.05) is 0 Å². The Morgan fingerprint density at radius 1 is 1.24 bits per heavy atom. The first-order valence-electron chi connectivity index (χ1n) is 4.51. The molecular formula is C10H6ClF2NO2S. The Bertz CT molecular complexity index is 673. The molecule has 0 aliphatic heterocycles. The molecule has 0 spiro atoms. The number of aromatic nitrogens is 1. The summed E-state index contributed by atoms with van der Waals surface area (Å²) in [5.41, 5.74) is -0.367. The molecule has 0 aliphatic carbocycles. The molecule has 0 radical (unpaired) electrons. The third-order valence-corrected chi connectivity index (χ3v) is 3.64. The minimum absolute atomic E-state index is 0.0516. The molecular weight excluding hydrogens is 272 g/mol. The van der Waals surface area contributed by atoms with Crippen LogP contribution >= 0.6 is 10.7 Å². The van der Waals surface area contributed by atoms with Gasteiger partial charge in [-0.05, 0) is 24.3 Å². The number of alkyl halides is 2. The van der Waals surface area contributed by atoms with Crippen LogP contribution in [0.15, 0.2) is 35.4 Å². The lowest BCUT2D eigenvalue weighted by Crippen LogP contribution is -1.97. The summed E-state index contributed by atoms with van der Waals surface area (Å²) in [7, 11) is 1.24. The molecule has 17 heavy (non-hydrogen) atoms. The molecule has 0 atom stereocenters. The van der Waals surface area contributed by atoms with Crippen molar-refractivity contribution in [3.8, 4) is 0 Å². The number of hydrogen-bond acceptors (Lipinski definition) is 3. The molecule has 1 aromatic carbocycles. The Kier molecular flexibility index (Phi) is 3.01. The summed E-state index contributed by atoms with van der Waals surface area (Å²) in [6, 6.07) is 4.94. The fraction of sp³-hybridized carbons (Fsp3) is 0.100. The van der Waals surface area contributed by atoms with Crippen LogP contribution in [0.25, 0.3) is 10.9 Å². The molecule has 3 nitrogen and oxygen atoms in total. The van der Waals surface area contributed by atoms with E-state index in [1.165, 1.54) is 18.3 Å². The third kappa shape index (κ3) is 2.23. The largest absolute Gasteiger partial charge is 0.265 e. The van der Waals surface area contributed by atoms with Gasteiger partial charge in [-0.25, -0.2) is 17.2 Å². The molecule has 7 heteroatoms. The third-order valence-electron chi connectivity index (χ3n) is 2.26. The summed E-state index contributed by atoms with van der Waals surface area (Å²) in [6.45, 7) is 0. The summed E-state index contributed by atoms with van der Waals surface area (Å²) in [5.74, 6) is 0. The van der Waals surface area contributed by atoms with E-state index < -0.39 is 15.5 Å². The zero-order valence-electron chi connectivity index (χ0n) is 8.27. The average Bonchev–Trinajstić information content (AvgIpc) is 2.26. The van der Waals surface area contributed by atoms with Crippen LogP contribution in [0.1, 0.15) is 12.0 Å². The predicted molar refractivity (Wildman–Crippen MR) is 59.7 cm³/mol. The number of benzene rings is 1. The van der Waals surface area contributed by atoms with E-state index in [1.54, 1.807) is 0 Å². The van der Waals surface area contributed by atoms with Crippen molar-refractivity contribution in [1.29, 1.82) is 0 Å². The Balaban J connectivity index is 2.90. The summed E-state index contributed by atoms with van der Waals surface area (Å²) in [4.78, 5) is 3.56. The summed E-state index contributed by atoms with van der Waals surface area (Å²) < 4.78 is 48.0. The highest BCUT2D eigenvalue weighted by molar-refractivity contribution is 8.14. The van der Waals surface area contributed by atoms with Crippen LogP contribution in [0.4, 0.5) is 8.78 Å². The smallest absolute Gasteiger partial charge is 0.256 e. The Hall–Kier alpha value is -1.27. The van der Waals surface area contributed by atoms with E-state index in [4.69, 9.17) is 10.7 Å². The maximum absolute atomic E-state index is 12.7. The van der Waals surface area contributed by atoms with Gasteiger partial charge in [-0.3, -0.25) is 4.98 Å². The molecule has 0 fully saturated rings. The van der Waals surface area contributed by atoms with E-state index in [1.807, 2.05) is 0 Å². The van der Waals surface area contributed by atoms with Crippen molar-refractivity contribution in [3.05, 3.63) is 36.0 Å². The van der Waals surface area contributed by atoms with Crippen LogP contribution in [0.5, 0.6) is 0 Å². The molecule has 0 aliphatic rings. The van der Waals surface area contributed by atoms with Crippen molar-refractivity contribution in [3.63, 3.8) is 0 Å². The van der Waals surface area contributed by atoms with E-state index >= 15 is 0 Å². The molecule has 0 amide bonds. The Morgan fingerprint density at radius 2 is 1.94 bits per heavy atom. The molecule has 2 rings (SSSR count). The molecule has 0 unspecified atom stereocenters. The lowest BCUT2D eigenvalue weighted by atomic mass is 10.1. The van der Waals surface area contributed by atoms with Gasteiger partial charge in [0, 0.05) is 27.8 Å². The van der Waals surface area contributed by atoms with Gasteiger partial charge in [0.25, 0.3) is 15.5 Å². The lowest BCUT2D eigenvalue weighted by molar-refractivity contribution is 0.153. The van der Waals surface area contributed by atoms with Gasteiger partial charge in [0.2, 0.25) is 0 Å². The second-order valence-corrected chi connectivity index (χ2v) is 5.83. The van der Waals surface area contributed by atoms with Gasteiger partial charge in [0.05, 0.1) is 10.4 Å². The van der Waals surface area contributed by atoms with Crippen molar-refractivity contribution in [2.24, 2.45) is 0 Å². The Labute approximate surface area is 100 Å². The lowest BCUT2D eigenvalue weighted by Gasteiger charge is -2.07. The van der Waals surface area contributed by atoms with Crippen LogP contribution in [0.3, 0.4) is 0 Å². The number of hydrogen-bond donors (Lipinski definition) is 0. The van der Waals surface area contributed by atoms with Gasteiger partial charge in [-0.1, -0.05) is 0 Å². The zero-order valence-corrected chi connectivity index (χ0v) is 9.84. The second kappa shape index (κ2) is 4.19. The van der Waals surface area contributed by atoms with Crippen molar-refractivity contribution >= 4 is 30.6 Å². The summed E-state index contributed by atoms with van der Waals surface area (Å²) in [5, 5.41) is 0.0975. The molecule has 0 saturated heterocycles. The SMILES string of the molecule is O=S(=O)(Cl)c1ccc(C(F)F)c2ncccc12. The maximum Gasteiger partial charge on any atom is 0.265 e. The number of nitrogens with zero attached hydrogens (tertiary/aromatic N) is 1. The number of rotatable bonds is 2. The van der Waals surface area contributed by atoms with E-state index in [2.05, 4.69) is 4.98 Å². The molecule has 0 N–H and O–H groups in total. The molecule has 0 saturated carbocycles. The highest BCUT2D eigenvalue weighted by Crippen LogP contribution is 2.31. The normalized spacial score (nSPS) is 12.2. The number of halogens is 3. The summed E-state index contributed by atoms with van der Waals surface area (Å²) in [6.07, 6.45) is -1.40. The van der Waals surface area contributed by atoms with Crippen molar-refractivity contribution in [1.82, 2.24) is 4.98 Å². The highest BCUT2D eigenvalue weighted by atomic mass is 35.7. The summed E-state index contributed by atoms with van der Waals surface area (Å²) >= 11 is 0. The molecule has 1 heterocycles. The standard InChI is InChI=1S/C10H6ClF2NO2S/c11-17(15,16)8-4-3-7(10(12)13)9-6(8)2-1-5-14-9/h1-5,10H. The maximum atomic E-state index is 12.7. The first kappa shape index (κ1) is 12.2. The Morgan fingerprint density at radius 3 is 2.53 bits per heavy atom. The molecule has 2 aromatic rings. The average molecular weight is 278 g/mol. The van der Waals surface area contributed by atoms with Gasteiger partial charge in [-0.2, -0.15) is 0 Å². The monoisotopic (exact) mass is 277 g/mol. The van der Waals surface area contributed by atoms with Gasteiger partial charge in [0.15, 0.2) is 0 Å². The van der Waals surface area contributed by atoms with Crippen molar-refractivity contribution < 1.29 is 17.2 Å². The first-order chi connectivity index (χ1) is 7.91. The van der Waals surface area contributed by atoms with Crippen LogP contribution in [-0.2, 0) is 9.05 Å². The van der Waals surface area contributed by atoms with Crippen molar-refractivity contribution in [2.45, 2.75) is 11.3 Å². The highest BCUT2D eigenvalue weighted by Gasteiger charge is 2.19. The number of fused-ring (bicyclic) bond motifs is 1. The van der Waals surface area contributed by atoms with Gasteiger partial charge in [0.1, 0.15) is 0 Å². The molecule has 90 valence electrons. The van der Waals surface area contributed by atoms with Gasteiger partial charge >= 0.3 is 0 Å². The van der Waals surface area contributed by atoms with E-state index in [9.17, 15) is 17.2 Å². The van der Waals surface area contributed by atoms with E-state index in [0.717, 1.165) is 12.1 Å². The van der Waals surface area contributed by atoms with Crippen LogP contribution < -0.4 is 0 Å². The van der Waals surface area contributed by atoms with Crippen LogP contribution in [-0.4, -0.2) is 13.4 Å². The van der Waals surface area contributed by atoms with Gasteiger partial charge < -0.3 is 0 Å². The predicted octanol–water partition coefficient (Wildman–Crippen LogP) is 3.10. The van der Waals surface area contributed by atoms with Crippen LogP contribution in [0.2, 0.25) is 0 Å². The minimum Gasteiger partial charge on any atom is -0.256 e. The minimum atomic E-state index is -3.98. The van der Waals surface area contributed by atoms with Crippen LogP contribution in [0, 0.1) is 0 Å². The first-order valence-corrected chi connectivity index (χ1v) is 6.82. The second-order valence-electron chi connectivity index (χ2n) is 3.29. The quantitative estimate of drug-likeness (QED) is 0.793. The van der Waals surface area contributed by atoms with E-state index in [0.29, 0.717) is 0 Å². The fourth-order valence-corrected chi connectivity index (χ4v) is 2.62. The topological polar surface area (TPSA) is 47.0 Å². The van der Waals surface area contributed by atoms with Gasteiger partial charge in [-0.15, -0.1) is 0 Å². The van der Waals surface area contributed by atoms with E-state index in [-0.39, 0.29) is 21.4 Å².